The topological polar surface area (TPSA) is 105 Å². The van der Waals surface area contributed by atoms with E-state index < -0.39 is 43.5 Å². The van der Waals surface area contributed by atoms with Gasteiger partial charge >= 0.3 is 5.69 Å². The Morgan fingerprint density at radius 1 is 1.38 bits per heavy atom. The van der Waals surface area contributed by atoms with Gasteiger partial charge in [0.05, 0.1) is 19.9 Å². The smallest absolute Gasteiger partial charge is 0.330 e. The van der Waals surface area contributed by atoms with Crippen LogP contribution >= 0.6 is 0 Å². The molecule has 1 fully saturated rings. The highest BCUT2D eigenvalue weighted by molar-refractivity contribution is 6.81. The second-order valence-corrected chi connectivity index (χ2v) is 13.8. The Morgan fingerprint density at radius 2 is 1.96 bits per heavy atom. The maximum absolute atomic E-state index is 12.0. The van der Waals surface area contributed by atoms with E-state index in [0.717, 1.165) is 0 Å². The average Bonchev–Trinajstić information content (AvgIpc) is 2.82. The number of aliphatic hydroxyl groups excluding tert-OH is 2. The number of H-pyrrole nitrogens is 1. The van der Waals surface area contributed by atoms with Crippen molar-refractivity contribution in [1.29, 1.82) is 0 Å². The lowest BCUT2D eigenvalue weighted by atomic mass is 10.2. The Bertz CT molecular complexity index is 718. The maximum Gasteiger partial charge on any atom is 0.330 e. The Kier molecular flexibility index (Phi) is 4.98. The van der Waals surface area contributed by atoms with Crippen LogP contribution in [-0.2, 0) is 4.74 Å². The summed E-state index contributed by atoms with van der Waals surface area (Å²) in [4.78, 5) is 25.7. The van der Waals surface area contributed by atoms with E-state index >= 15 is 0 Å². The van der Waals surface area contributed by atoms with Gasteiger partial charge in [-0.05, 0) is 12.0 Å². The standard InChI is InChI=1S/C16H28N2O5Si/c1-9-8-18(15(22)17-12(9)20)13-10(19)7-11(23-13)14(21)24(5,6)16(2,3)4/h8,10-11,13-14,19,21H,7H2,1-6H3,(H,17,20,22)/t10-,11+,13-,14?/m1/s1. The molecule has 0 saturated carbocycles. The van der Waals surface area contributed by atoms with E-state index in [-0.39, 0.29) is 11.5 Å². The summed E-state index contributed by atoms with van der Waals surface area (Å²) < 4.78 is 7.05. The first-order valence-corrected chi connectivity index (χ1v) is 11.3. The molecule has 1 unspecified atom stereocenters. The number of ether oxygens (including phenoxy) is 1. The van der Waals surface area contributed by atoms with Gasteiger partial charge < -0.3 is 14.9 Å². The van der Waals surface area contributed by atoms with Gasteiger partial charge in [-0.25, -0.2) is 4.79 Å². The van der Waals surface area contributed by atoms with E-state index in [2.05, 4.69) is 38.8 Å². The van der Waals surface area contributed by atoms with E-state index in [1.807, 2.05) is 0 Å². The third-order valence-electron chi connectivity index (χ3n) is 5.56. The summed E-state index contributed by atoms with van der Waals surface area (Å²) in [5.74, 6) is 0. The highest BCUT2D eigenvalue weighted by Crippen LogP contribution is 2.42. The van der Waals surface area contributed by atoms with Crippen molar-refractivity contribution in [3.05, 3.63) is 32.6 Å². The van der Waals surface area contributed by atoms with Crippen molar-refractivity contribution in [2.75, 3.05) is 0 Å². The largest absolute Gasteiger partial charge is 0.394 e. The molecular formula is C16H28N2O5Si. The fourth-order valence-electron chi connectivity index (χ4n) is 2.82. The van der Waals surface area contributed by atoms with Gasteiger partial charge in [0, 0.05) is 18.2 Å². The first kappa shape index (κ1) is 19.1. The minimum Gasteiger partial charge on any atom is -0.394 e. The predicted octanol–water partition coefficient (Wildman–Crippen LogP) is 0.902. The van der Waals surface area contributed by atoms with Crippen molar-refractivity contribution in [2.24, 2.45) is 0 Å². The average molecular weight is 356 g/mol. The monoisotopic (exact) mass is 356 g/mol. The van der Waals surface area contributed by atoms with Crippen LogP contribution in [0.2, 0.25) is 18.1 Å². The van der Waals surface area contributed by atoms with E-state index in [1.165, 1.54) is 10.8 Å². The van der Waals surface area contributed by atoms with Crippen molar-refractivity contribution in [1.82, 2.24) is 9.55 Å². The molecule has 0 bridgehead atoms. The van der Waals surface area contributed by atoms with Crippen LogP contribution in [0, 0.1) is 6.92 Å². The third-order valence-corrected chi connectivity index (χ3v) is 11.3. The lowest BCUT2D eigenvalue weighted by Crippen LogP contribution is -2.54. The second kappa shape index (κ2) is 6.25. The van der Waals surface area contributed by atoms with Gasteiger partial charge in [0.1, 0.15) is 6.10 Å². The number of hydrogen-bond donors (Lipinski definition) is 3. The zero-order valence-electron chi connectivity index (χ0n) is 15.2. The number of aromatic nitrogens is 2. The highest BCUT2D eigenvalue weighted by atomic mass is 28.3. The van der Waals surface area contributed by atoms with Crippen molar-refractivity contribution in [2.45, 2.75) is 76.4 Å². The third kappa shape index (κ3) is 3.28. The van der Waals surface area contributed by atoms with Crippen molar-refractivity contribution >= 4 is 8.07 Å². The molecule has 3 N–H and O–H groups in total. The number of hydrogen-bond acceptors (Lipinski definition) is 5. The summed E-state index contributed by atoms with van der Waals surface area (Å²) in [6.07, 6.45) is -0.723. The van der Waals surface area contributed by atoms with Gasteiger partial charge in [0.2, 0.25) is 0 Å². The van der Waals surface area contributed by atoms with Crippen LogP contribution in [-0.4, -0.2) is 45.8 Å². The normalized spacial score (nSPS) is 26.6. The molecule has 0 spiro atoms. The first-order chi connectivity index (χ1) is 10.9. The molecule has 0 aliphatic carbocycles. The summed E-state index contributed by atoms with van der Waals surface area (Å²) in [6, 6.07) is 0. The van der Waals surface area contributed by atoms with E-state index in [9.17, 15) is 19.8 Å². The molecule has 1 aliphatic rings. The minimum absolute atomic E-state index is 0.0375. The quantitative estimate of drug-likeness (QED) is 0.698. The first-order valence-electron chi connectivity index (χ1n) is 8.20. The molecule has 8 heteroatoms. The van der Waals surface area contributed by atoms with Gasteiger partial charge in [-0.3, -0.25) is 14.3 Å². The SMILES string of the molecule is Cc1cn([C@@H]2O[C@H](C(O)[Si](C)(C)C(C)(C)C)C[C@H]2O)c(=O)[nH]c1=O. The van der Waals surface area contributed by atoms with Crippen molar-refractivity contribution in [3.8, 4) is 0 Å². The molecule has 4 atom stereocenters. The summed E-state index contributed by atoms with van der Waals surface area (Å²) in [7, 11) is -2.09. The fourth-order valence-corrected chi connectivity index (χ4v) is 4.85. The molecule has 2 rings (SSSR count). The Balaban J connectivity index is 2.29. The summed E-state index contributed by atoms with van der Waals surface area (Å²) >= 11 is 0. The van der Waals surface area contributed by atoms with Gasteiger partial charge in [0.15, 0.2) is 6.23 Å². The molecule has 0 aromatic carbocycles. The molecule has 2 heterocycles. The van der Waals surface area contributed by atoms with E-state index in [0.29, 0.717) is 5.56 Å². The summed E-state index contributed by atoms with van der Waals surface area (Å²) in [5.41, 5.74) is -1.39. The predicted molar refractivity (Wildman–Crippen MR) is 93.8 cm³/mol. The van der Waals surface area contributed by atoms with Crippen LogP contribution in [0.5, 0.6) is 0 Å². The number of nitrogens with one attached hydrogen (secondary N) is 1. The Labute approximate surface area is 142 Å². The van der Waals surface area contributed by atoms with Gasteiger partial charge in [-0.2, -0.15) is 0 Å². The molecule has 1 aliphatic heterocycles. The number of nitrogens with zero attached hydrogens (tertiary/aromatic N) is 1. The van der Waals surface area contributed by atoms with Crippen molar-refractivity contribution in [3.63, 3.8) is 0 Å². The Hall–Kier alpha value is -1.22. The maximum atomic E-state index is 12.0. The van der Waals surface area contributed by atoms with Gasteiger partial charge in [-0.1, -0.05) is 33.9 Å². The molecule has 24 heavy (non-hydrogen) atoms. The lowest BCUT2D eigenvalue weighted by Gasteiger charge is -2.42. The molecule has 1 aromatic rings. The number of rotatable bonds is 3. The molecule has 0 amide bonds. The zero-order valence-corrected chi connectivity index (χ0v) is 16.2. The molecule has 0 radical (unpaired) electrons. The van der Waals surface area contributed by atoms with Crippen LogP contribution in [0.4, 0.5) is 0 Å². The van der Waals surface area contributed by atoms with Gasteiger partial charge in [0.25, 0.3) is 5.56 Å². The number of aryl methyl sites for hydroxylation is 1. The number of aliphatic hydroxyl groups is 2. The number of aromatic amines is 1. The molecule has 1 saturated heterocycles. The van der Waals surface area contributed by atoms with Gasteiger partial charge in [-0.15, -0.1) is 0 Å². The lowest BCUT2D eigenvalue weighted by molar-refractivity contribution is -0.0634. The van der Waals surface area contributed by atoms with Crippen LogP contribution in [0.15, 0.2) is 15.8 Å². The fraction of sp³-hybridized carbons (Fsp3) is 0.750. The van der Waals surface area contributed by atoms with Crippen LogP contribution < -0.4 is 11.2 Å². The second-order valence-electron chi connectivity index (χ2n) is 8.26. The molecular weight excluding hydrogens is 328 g/mol. The van der Waals surface area contributed by atoms with E-state index in [4.69, 9.17) is 4.74 Å². The molecule has 7 nitrogen and oxygen atoms in total. The molecule has 136 valence electrons. The van der Waals surface area contributed by atoms with E-state index in [1.54, 1.807) is 6.92 Å². The van der Waals surface area contributed by atoms with Crippen molar-refractivity contribution < 1.29 is 14.9 Å². The Morgan fingerprint density at radius 3 is 2.50 bits per heavy atom. The van der Waals surface area contributed by atoms with Crippen LogP contribution in [0.3, 0.4) is 0 Å². The summed E-state index contributed by atoms with van der Waals surface area (Å²) in [6.45, 7) is 12.1. The van der Waals surface area contributed by atoms with Crippen LogP contribution in [0.25, 0.3) is 0 Å². The minimum atomic E-state index is -2.09. The highest BCUT2D eigenvalue weighted by Gasteiger charge is 2.49. The zero-order chi connectivity index (χ0) is 18.4. The molecule has 1 aromatic heterocycles. The van der Waals surface area contributed by atoms with Crippen LogP contribution in [0.1, 0.15) is 39.0 Å². The summed E-state index contributed by atoms with van der Waals surface area (Å²) in [5, 5.41) is 21.1.